The largest absolute Gasteiger partial charge is 0.480 e. The van der Waals surface area contributed by atoms with E-state index in [4.69, 9.17) is 16.7 Å². The second-order valence-corrected chi connectivity index (χ2v) is 5.21. The molecular weight excluding hydrogens is 254 g/mol. The predicted molar refractivity (Wildman–Crippen MR) is 68.9 cm³/mol. The Kier molecular flexibility index (Phi) is 3.92. The third kappa shape index (κ3) is 3.03. The van der Waals surface area contributed by atoms with Crippen LogP contribution in [0.25, 0.3) is 0 Å². The van der Waals surface area contributed by atoms with Crippen LogP contribution in [-0.2, 0) is 11.3 Å². The maximum absolute atomic E-state index is 11.1. The molecule has 1 fully saturated rings. The second kappa shape index (κ2) is 5.28. The summed E-state index contributed by atoms with van der Waals surface area (Å²) in [5.41, 5.74) is 1.68. The van der Waals surface area contributed by atoms with Crippen LogP contribution >= 0.6 is 11.6 Å². The lowest BCUT2D eigenvalue weighted by Gasteiger charge is -2.14. The van der Waals surface area contributed by atoms with E-state index in [0.717, 1.165) is 24.2 Å². The standard InChI is InChI=1S/C12H18ClN3O2/c1-7-11(13)8(2)16(15-7)6-5-10(12(17)18)14-9-3-4-9/h9-10,14H,3-6H2,1-2H3,(H,17,18). The first-order valence-electron chi connectivity index (χ1n) is 6.17. The fraction of sp³-hybridized carbons (Fsp3) is 0.667. The van der Waals surface area contributed by atoms with Gasteiger partial charge >= 0.3 is 5.97 Å². The molecule has 0 amide bonds. The summed E-state index contributed by atoms with van der Waals surface area (Å²) in [5.74, 6) is -0.797. The maximum Gasteiger partial charge on any atom is 0.320 e. The van der Waals surface area contributed by atoms with Gasteiger partial charge in [-0.15, -0.1) is 0 Å². The summed E-state index contributed by atoms with van der Waals surface area (Å²) in [4.78, 5) is 11.1. The van der Waals surface area contributed by atoms with Crippen LogP contribution in [0.3, 0.4) is 0 Å². The number of halogens is 1. The van der Waals surface area contributed by atoms with Crippen molar-refractivity contribution in [2.24, 2.45) is 0 Å². The summed E-state index contributed by atoms with van der Waals surface area (Å²) in [6.45, 7) is 4.31. The minimum Gasteiger partial charge on any atom is -0.480 e. The number of carbonyl (C=O) groups is 1. The van der Waals surface area contributed by atoms with Crippen molar-refractivity contribution in [3.8, 4) is 0 Å². The summed E-state index contributed by atoms with van der Waals surface area (Å²) in [6, 6.07) is -0.115. The highest BCUT2D eigenvalue weighted by atomic mass is 35.5. The van der Waals surface area contributed by atoms with Crippen molar-refractivity contribution >= 4 is 17.6 Å². The van der Waals surface area contributed by atoms with Crippen molar-refractivity contribution in [2.45, 2.75) is 51.7 Å². The van der Waals surface area contributed by atoms with Gasteiger partial charge in [-0.2, -0.15) is 5.10 Å². The number of aliphatic carboxylic acids is 1. The molecule has 1 unspecified atom stereocenters. The Bertz CT molecular complexity index is 454. The Hall–Kier alpha value is -1.07. The Balaban J connectivity index is 1.95. The molecular formula is C12H18ClN3O2. The third-order valence-electron chi connectivity index (χ3n) is 3.24. The van der Waals surface area contributed by atoms with Gasteiger partial charge in [0, 0.05) is 12.6 Å². The number of carboxylic acid groups (broad SMARTS) is 1. The summed E-state index contributed by atoms with van der Waals surface area (Å²) in [6.07, 6.45) is 2.68. The van der Waals surface area contributed by atoms with E-state index in [2.05, 4.69) is 10.4 Å². The highest BCUT2D eigenvalue weighted by molar-refractivity contribution is 6.31. The quantitative estimate of drug-likeness (QED) is 0.827. The first kappa shape index (κ1) is 13.4. The van der Waals surface area contributed by atoms with Crippen molar-refractivity contribution in [1.82, 2.24) is 15.1 Å². The SMILES string of the molecule is Cc1nn(CCC(NC2CC2)C(=O)O)c(C)c1Cl. The summed E-state index contributed by atoms with van der Waals surface area (Å²) in [7, 11) is 0. The lowest BCUT2D eigenvalue weighted by molar-refractivity contribution is -0.139. The van der Waals surface area contributed by atoms with E-state index in [1.54, 1.807) is 4.68 Å². The minimum absolute atomic E-state index is 0.384. The molecule has 1 atom stereocenters. The molecule has 0 spiro atoms. The van der Waals surface area contributed by atoms with Crippen molar-refractivity contribution in [2.75, 3.05) is 0 Å². The van der Waals surface area contributed by atoms with E-state index in [-0.39, 0.29) is 0 Å². The molecule has 100 valence electrons. The van der Waals surface area contributed by atoms with Gasteiger partial charge in [-0.3, -0.25) is 9.48 Å². The zero-order chi connectivity index (χ0) is 13.3. The highest BCUT2D eigenvalue weighted by Gasteiger charge is 2.28. The molecule has 0 radical (unpaired) electrons. The summed E-state index contributed by atoms with van der Waals surface area (Å²) < 4.78 is 1.78. The molecule has 2 N–H and O–H groups in total. The van der Waals surface area contributed by atoms with E-state index >= 15 is 0 Å². The Morgan fingerprint density at radius 3 is 2.72 bits per heavy atom. The van der Waals surface area contributed by atoms with Crippen molar-refractivity contribution in [3.05, 3.63) is 16.4 Å². The van der Waals surface area contributed by atoms with Gasteiger partial charge in [0.25, 0.3) is 0 Å². The minimum atomic E-state index is -0.797. The van der Waals surface area contributed by atoms with E-state index in [0.29, 0.717) is 24.0 Å². The molecule has 0 aliphatic heterocycles. The number of hydrogen-bond donors (Lipinski definition) is 2. The smallest absolute Gasteiger partial charge is 0.320 e. The molecule has 1 aliphatic rings. The topological polar surface area (TPSA) is 67.2 Å². The first-order chi connectivity index (χ1) is 8.49. The van der Waals surface area contributed by atoms with Crippen molar-refractivity contribution in [3.63, 3.8) is 0 Å². The van der Waals surface area contributed by atoms with Gasteiger partial charge in [0.15, 0.2) is 0 Å². The molecule has 1 heterocycles. The lowest BCUT2D eigenvalue weighted by Crippen LogP contribution is -2.39. The van der Waals surface area contributed by atoms with E-state index in [9.17, 15) is 4.79 Å². The number of carboxylic acids is 1. The van der Waals surface area contributed by atoms with Gasteiger partial charge in [0.2, 0.25) is 0 Å². The monoisotopic (exact) mass is 271 g/mol. The Morgan fingerprint density at radius 2 is 2.28 bits per heavy atom. The maximum atomic E-state index is 11.1. The fourth-order valence-electron chi connectivity index (χ4n) is 1.96. The average molecular weight is 272 g/mol. The Morgan fingerprint density at radius 1 is 1.61 bits per heavy atom. The second-order valence-electron chi connectivity index (χ2n) is 4.83. The van der Waals surface area contributed by atoms with Crippen LogP contribution in [0, 0.1) is 13.8 Å². The normalized spacial score (nSPS) is 16.8. The fourth-order valence-corrected chi connectivity index (χ4v) is 2.09. The third-order valence-corrected chi connectivity index (χ3v) is 3.78. The van der Waals surface area contributed by atoms with Gasteiger partial charge in [0.1, 0.15) is 6.04 Å². The molecule has 1 aromatic heterocycles. The number of aryl methyl sites for hydroxylation is 2. The van der Waals surface area contributed by atoms with Crippen molar-refractivity contribution in [1.29, 1.82) is 0 Å². The average Bonchev–Trinajstić information content (AvgIpc) is 3.09. The predicted octanol–water partition coefficient (Wildman–Crippen LogP) is 1.75. The van der Waals surface area contributed by atoms with E-state index < -0.39 is 12.0 Å². The van der Waals surface area contributed by atoms with Crippen molar-refractivity contribution < 1.29 is 9.90 Å². The van der Waals surface area contributed by atoms with Gasteiger partial charge in [0.05, 0.1) is 16.4 Å². The molecule has 0 aromatic carbocycles. The molecule has 5 nitrogen and oxygen atoms in total. The van der Waals surface area contributed by atoms with Gasteiger partial charge in [-0.05, 0) is 33.1 Å². The number of nitrogens with one attached hydrogen (secondary N) is 1. The van der Waals surface area contributed by atoms with E-state index in [1.165, 1.54) is 0 Å². The lowest BCUT2D eigenvalue weighted by atomic mass is 10.2. The van der Waals surface area contributed by atoms with Gasteiger partial charge in [-0.25, -0.2) is 0 Å². The Labute approximate surface area is 111 Å². The van der Waals surface area contributed by atoms with Crippen LogP contribution in [0.2, 0.25) is 5.02 Å². The zero-order valence-corrected chi connectivity index (χ0v) is 11.4. The van der Waals surface area contributed by atoms with Crippen LogP contribution in [0.5, 0.6) is 0 Å². The number of nitrogens with zero attached hydrogens (tertiary/aromatic N) is 2. The van der Waals surface area contributed by atoms with Crippen LogP contribution in [-0.4, -0.2) is 32.9 Å². The first-order valence-corrected chi connectivity index (χ1v) is 6.55. The molecule has 0 saturated heterocycles. The van der Waals surface area contributed by atoms with Crippen LogP contribution in [0.4, 0.5) is 0 Å². The molecule has 1 aliphatic carbocycles. The number of hydrogen-bond acceptors (Lipinski definition) is 3. The molecule has 1 saturated carbocycles. The van der Waals surface area contributed by atoms with Gasteiger partial charge < -0.3 is 10.4 Å². The number of rotatable bonds is 6. The van der Waals surface area contributed by atoms with Crippen LogP contribution in [0.1, 0.15) is 30.7 Å². The number of aromatic nitrogens is 2. The molecule has 0 bridgehead atoms. The molecule has 2 rings (SSSR count). The molecule has 1 aromatic rings. The zero-order valence-electron chi connectivity index (χ0n) is 10.6. The van der Waals surface area contributed by atoms with Crippen LogP contribution in [0.15, 0.2) is 0 Å². The summed E-state index contributed by atoms with van der Waals surface area (Å²) >= 11 is 6.06. The van der Waals surface area contributed by atoms with Crippen LogP contribution < -0.4 is 5.32 Å². The van der Waals surface area contributed by atoms with Gasteiger partial charge in [-0.1, -0.05) is 11.6 Å². The molecule has 6 heteroatoms. The summed E-state index contributed by atoms with van der Waals surface area (Å²) in [5, 5.41) is 17.2. The highest BCUT2D eigenvalue weighted by Crippen LogP contribution is 2.21. The van der Waals surface area contributed by atoms with E-state index in [1.807, 2.05) is 13.8 Å². The molecule has 18 heavy (non-hydrogen) atoms.